The zero-order valence-electron chi connectivity index (χ0n) is 23.7. The lowest BCUT2D eigenvalue weighted by molar-refractivity contribution is -0.126. The van der Waals surface area contributed by atoms with Crippen molar-refractivity contribution in [3.63, 3.8) is 0 Å². The normalized spacial score (nSPS) is 17.1. The van der Waals surface area contributed by atoms with E-state index in [0.29, 0.717) is 30.6 Å². The Morgan fingerprint density at radius 1 is 1.21 bits per heavy atom. The third-order valence-electron chi connectivity index (χ3n) is 7.78. The van der Waals surface area contributed by atoms with Crippen LogP contribution in [0.3, 0.4) is 0 Å². The molecule has 11 heteroatoms. The van der Waals surface area contributed by atoms with Crippen LogP contribution in [0.25, 0.3) is 10.2 Å². The third-order valence-corrected chi connectivity index (χ3v) is 8.91. The van der Waals surface area contributed by atoms with Crippen molar-refractivity contribution in [1.82, 2.24) is 24.8 Å². The minimum atomic E-state index is 0.0312. The number of rotatable bonds is 9. The third kappa shape index (κ3) is 6.08. The Bertz CT molecular complexity index is 1610. The van der Waals surface area contributed by atoms with E-state index >= 15 is 0 Å². The van der Waals surface area contributed by atoms with E-state index in [4.69, 9.17) is 9.47 Å². The zero-order valence-corrected chi connectivity index (χ0v) is 24.6. The molecule has 0 aliphatic carbocycles. The number of hydrogen-bond acceptors (Lipinski definition) is 10. The molecule has 1 fully saturated rings. The number of likely N-dealkylation sites (tertiary alicyclic amines) is 1. The average molecular weight is 587 g/mol. The summed E-state index contributed by atoms with van der Waals surface area (Å²) in [4.78, 5) is 32.5. The first-order chi connectivity index (χ1) is 20.5. The summed E-state index contributed by atoms with van der Waals surface area (Å²) in [6.07, 6.45) is 8.62. The number of ether oxygens (including phenoxy) is 2. The fourth-order valence-corrected chi connectivity index (χ4v) is 6.70. The van der Waals surface area contributed by atoms with E-state index in [0.717, 1.165) is 70.4 Å². The molecule has 0 unspecified atom stereocenters. The van der Waals surface area contributed by atoms with Gasteiger partial charge in [0.1, 0.15) is 28.5 Å². The molecule has 2 aliphatic heterocycles. The van der Waals surface area contributed by atoms with Crippen LogP contribution in [-0.2, 0) is 17.8 Å². The molecule has 1 amide bonds. The quantitative estimate of drug-likeness (QED) is 0.270. The van der Waals surface area contributed by atoms with Gasteiger partial charge in [-0.2, -0.15) is 0 Å². The fraction of sp³-hybridized carbons (Fsp3) is 0.355. The highest BCUT2D eigenvalue weighted by Gasteiger charge is 2.26. The van der Waals surface area contributed by atoms with E-state index in [-0.39, 0.29) is 12.5 Å². The molecule has 42 heavy (non-hydrogen) atoms. The van der Waals surface area contributed by atoms with Crippen molar-refractivity contribution in [2.45, 2.75) is 26.3 Å². The maximum Gasteiger partial charge on any atom is 0.246 e. The van der Waals surface area contributed by atoms with Gasteiger partial charge in [-0.15, -0.1) is 11.3 Å². The van der Waals surface area contributed by atoms with Crippen molar-refractivity contribution in [2.24, 2.45) is 5.92 Å². The summed E-state index contributed by atoms with van der Waals surface area (Å²) < 4.78 is 11.1. The van der Waals surface area contributed by atoms with Crippen LogP contribution in [0.1, 0.15) is 22.4 Å². The highest BCUT2D eigenvalue weighted by Crippen LogP contribution is 2.38. The smallest absolute Gasteiger partial charge is 0.246 e. The van der Waals surface area contributed by atoms with E-state index < -0.39 is 0 Å². The molecule has 1 saturated heterocycles. The molecular weight excluding hydrogens is 552 g/mol. The molecular formula is C31H34N6O4S. The number of nitrogens with one attached hydrogen (secondary N) is 1. The van der Waals surface area contributed by atoms with Gasteiger partial charge < -0.3 is 24.8 Å². The number of aromatic nitrogens is 3. The number of nitrogens with zero attached hydrogens (tertiary/aromatic N) is 5. The van der Waals surface area contributed by atoms with Crippen LogP contribution < -0.4 is 14.8 Å². The summed E-state index contributed by atoms with van der Waals surface area (Å²) in [6.45, 7) is 6.04. The lowest BCUT2D eigenvalue weighted by Gasteiger charge is -2.26. The molecule has 2 aliphatic rings. The predicted molar refractivity (Wildman–Crippen MR) is 163 cm³/mol. The summed E-state index contributed by atoms with van der Waals surface area (Å²) in [5.74, 6) is 3.05. The minimum Gasteiger partial charge on any atom is -0.481 e. The number of carbonyl (C=O) groups is 1. The number of amides is 1. The van der Waals surface area contributed by atoms with Gasteiger partial charge in [0.25, 0.3) is 0 Å². The van der Waals surface area contributed by atoms with Crippen molar-refractivity contribution in [1.29, 1.82) is 0 Å². The summed E-state index contributed by atoms with van der Waals surface area (Å²) in [6, 6.07) is 9.50. The predicted octanol–water partition coefficient (Wildman–Crippen LogP) is 4.69. The van der Waals surface area contributed by atoms with Crippen LogP contribution in [0.4, 0.5) is 11.5 Å². The molecule has 0 radical (unpaired) electrons. The topological polar surface area (TPSA) is 113 Å². The number of aliphatic hydroxyl groups excluding tert-OH is 1. The first-order valence-corrected chi connectivity index (χ1v) is 14.9. The Kier molecular flexibility index (Phi) is 8.31. The summed E-state index contributed by atoms with van der Waals surface area (Å²) in [5.41, 5.74) is 3.07. The second-order valence-corrected chi connectivity index (χ2v) is 11.7. The van der Waals surface area contributed by atoms with Crippen molar-refractivity contribution in [3.05, 3.63) is 71.0 Å². The van der Waals surface area contributed by atoms with E-state index in [1.807, 2.05) is 42.2 Å². The van der Waals surface area contributed by atoms with E-state index in [1.165, 1.54) is 5.56 Å². The summed E-state index contributed by atoms with van der Waals surface area (Å²) in [5, 5.41) is 13.9. The Hall–Kier alpha value is -4.06. The van der Waals surface area contributed by atoms with Gasteiger partial charge in [0.05, 0.1) is 25.2 Å². The van der Waals surface area contributed by atoms with Gasteiger partial charge >= 0.3 is 0 Å². The van der Waals surface area contributed by atoms with E-state index in [1.54, 1.807) is 43.1 Å². The van der Waals surface area contributed by atoms with Gasteiger partial charge in [-0.1, -0.05) is 6.08 Å². The first-order valence-electron chi connectivity index (χ1n) is 14.1. The molecule has 10 nitrogen and oxygen atoms in total. The first kappa shape index (κ1) is 28.1. The number of anilines is 2. The molecule has 3 aromatic heterocycles. The maximum atomic E-state index is 13.0. The second-order valence-electron chi connectivity index (χ2n) is 10.7. The molecule has 1 aromatic carbocycles. The van der Waals surface area contributed by atoms with Crippen LogP contribution in [0.5, 0.6) is 17.4 Å². The number of thiophene rings is 1. The molecule has 6 rings (SSSR count). The van der Waals surface area contributed by atoms with Gasteiger partial charge in [0, 0.05) is 48.9 Å². The maximum absolute atomic E-state index is 13.0. The van der Waals surface area contributed by atoms with Crippen LogP contribution in [0.2, 0.25) is 0 Å². The van der Waals surface area contributed by atoms with Crippen LogP contribution >= 0.6 is 11.3 Å². The average Bonchev–Trinajstić information content (AvgIpc) is 3.63. The fourth-order valence-electron chi connectivity index (χ4n) is 5.50. The minimum absolute atomic E-state index is 0.0312. The molecule has 0 bridgehead atoms. The second kappa shape index (κ2) is 12.4. The molecule has 1 atom stereocenters. The van der Waals surface area contributed by atoms with Gasteiger partial charge in [0.15, 0.2) is 0 Å². The largest absolute Gasteiger partial charge is 0.481 e. The Morgan fingerprint density at radius 2 is 2.12 bits per heavy atom. The van der Waals surface area contributed by atoms with Crippen molar-refractivity contribution >= 4 is 39.0 Å². The Labute approximate surface area is 248 Å². The number of fused-ring (bicyclic) bond motifs is 3. The van der Waals surface area contributed by atoms with E-state index in [2.05, 4.69) is 25.2 Å². The van der Waals surface area contributed by atoms with Crippen LogP contribution in [0.15, 0.2) is 55.0 Å². The van der Waals surface area contributed by atoms with Crippen LogP contribution in [0, 0.1) is 12.8 Å². The van der Waals surface area contributed by atoms with Gasteiger partial charge in [-0.05, 0) is 67.6 Å². The van der Waals surface area contributed by atoms with Crippen molar-refractivity contribution in [3.8, 4) is 17.4 Å². The molecule has 5 heterocycles. The number of aliphatic hydroxyl groups is 1. The molecule has 218 valence electrons. The number of pyridine rings is 1. The van der Waals surface area contributed by atoms with Gasteiger partial charge in [-0.25, -0.2) is 15.0 Å². The number of methoxy groups -OCH3 is 1. The standard InChI is InChI=1S/C31H34N6O4S/c1-20-14-22(5-7-25(20)41-23-6-8-27(40-2)32-15-23)35-30-29-24-10-13-37(17-26(24)42-31(29)34-19-33-30)28(39)4-3-11-36-12-9-21(16-36)18-38/h3-8,14-15,19,21,38H,9-13,16-18H2,1-2H3,(H,33,34,35)/b4-3+/t21-/m0/s1. The lowest BCUT2D eigenvalue weighted by atomic mass is 10.0. The zero-order chi connectivity index (χ0) is 29.1. The monoisotopic (exact) mass is 586 g/mol. The number of carbonyl (C=O) groups excluding carboxylic acids is 1. The summed E-state index contributed by atoms with van der Waals surface area (Å²) in [7, 11) is 1.58. The number of aryl methyl sites for hydroxylation is 1. The van der Waals surface area contributed by atoms with Crippen LogP contribution in [-0.4, -0.2) is 75.7 Å². The van der Waals surface area contributed by atoms with Gasteiger partial charge in [0.2, 0.25) is 11.8 Å². The van der Waals surface area contributed by atoms with Crippen molar-refractivity contribution < 1.29 is 19.4 Å². The number of benzene rings is 1. The van der Waals surface area contributed by atoms with Crippen molar-refractivity contribution in [2.75, 3.05) is 45.2 Å². The Morgan fingerprint density at radius 3 is 2.88 bits per heavy atom. The number of hydrogen-bond donors (Lipinski definition) is 2. The lowest BCUT2D eigenvalue weighted by Crippen LogP contribution is -2.34. The van der Waals surface area contributed by atoms with E-state index in [9.17, 15) is 9.90 Å². The highest BCUT2D eigenvalue weighted by atomic mass is 32.1. The molecule has 2 N–H and O–H groups in total. The SMILES string of the molecule is COc1ccc(Oc2ccc(Nc3ncnc4sc5c(c34)CCN(C(=O)/C=C/CN3CC[C@H](CO)C3)C5)cc2C)cn1. The molecule has 0 saturated carbocycles. The molecule has 0 spiro atoms. The summed E-state index contributed by atoms with van der Waals surface area (Å²) >= 11 is 1.63. The Balaban J connectivity index is 1.13. The highest BCUT2D eigenvalue weighted by molar-refractivity contribution is 7.19. The molecule has 4 aromatic rings. The van der Waals surface area contributed by atoms with Gasteiger partial charge in [-0.3, -0.25) is 9.69 Å².